The molecule has 1 heterocycles. The lowest BCUT2D eigenvalue weighted by atomic mass is 10.0. The first kappa shape index (κ1) is 18.4. The third-order valence-electron chi connectivity index (χ3n) is 3.90. The van der Waals surface area contributed by atoms with Gasteiger partial charge < -0.3 is 10.6 Å². The van der Waals surface area contributed by atoms with Crippen molar-refractivity contribution >= 4 is 27.5 Å². The van der Waals surface area contributed by atoms with E-state index in [1.165, 1.54) is 12.1 Å². The molecule has 0 aromatic heterocycles. The van der Waals surface area contributed by atoms with Crippen LogP contribution in [-0.2, 0) is 19.6 Å². The number of likely N-dealkylation sites (N-methyl/N-ethyl adjacent to an activating group) is 1. The number of nitrogens with one attached hydrogen (secondary N) is 2. The molecule has 2 N–H and O–H groups in total. The summed E-state index contributed by atoms with van der Waals surface area (Å²) in [4.78, 5) is 23.7. The van der Waals surface area contributed by atoms with Gasteiger partial charge in [-0.1, -0.05) is 6.92 Å². The lowest BCUT2D eigenvalue weighted by Crippen LogP contribution is -2.42. The van der Waals surface area contributed by atoms with Crippen LogP contribution in [0.15, 0.2) is 23.1 Å². The van der Waals surface area contributed by atoms with E-state index in [1.54, 1.807) is 19.9 Å². The highest BCUT2D eigenvalue weighted by Crippen LogP contribution is 2.34. The number of hydrogen-bond donors (Lipinski definition) is 2. The van der Waals surface area contributed by atoms with Crippen molar-refractivity contribution in [1.82, 2.24) is 9.62 Å². The van der Waals surface area contributed by atoms with Gasteiger partial charge in [0.25, 0.3) is 0 Å². The minimum atomic E-state index is -3.81. The van der Waals surface area contributed by atoms with Gasteiger partial charge in [0.1, 0.15) is 0 Å². The highest BCUT2D eigenvalue weighted by atomic mass is 32.2. The summed E-state index contributed by atoms with van der Waals surface area (Å²) < 4.78 is 26.8. The number of benzene rings is 1. The summed E-state index contributed by atoms with van der Waals surface area (Å²) in [5.74, 6) is -0.889. The van der Waals surface area contributed by atoms with Crippen LogP contribution in [0.25, 0.3) is 0 Å². The number of sulfonamides is 1. The molecule has 1 aromatic carbocycles. The van der Waals surface area contributed by atoms with Crippen LogP contribution < -0.4 is 10.6 Å². The maximum atomic E-state index is 12.8. The van der Waals surface area contributed by atoms with Crippen LogP contribution in [0.1, 0.15) is 39.2 Å². The van der Waals surface area contributed by atoms with E-state index in [9.17, 15) is 18.0 Å². The van der Waals surface area contributed by atoms with Crippen molar-refractivity contribution in [3.8, 4) is 0 Å². The van der Waals surface area contributed by atoms with Crippen molar-refractivity contribution in [3.05, 3.63) is 23.8 Å². The monoisotopic (exact) mass is 353 g/mol. The molecule has 1 aliphatic heterocycles. The molecule has 1 aromatic rings. The fraction of sp³-hybridized carbons (Fsp3) is 0.500. The zero-order chi connectivity index (χ0) is 18.1. The van der Waals surface area contributed by atoms with Crippen molar-refractivity contribution in [3.63, 3.8) is 0 Å². The van der Waals surface area contributed by atoms with E-state index in [0.717, 1.165) is 4.31 Å². The Bertz CT molecular complexity index is 759. The zero-order valence-electron chi connectivity index (χ0n) is 14.3. The van der Waals surface area contributed by atoms with Crippen LogP contribution in [0.2, 0.25) is 0 Å². The number of hydrogen-bond acceptors (Lipinski definition) is 4. The SMILES string of the molecule is CCN(CC(=O)NC(C)C)S(=O)(=O)c1ccc2c(c1)[C@H](C)C(=O)N2. The number of fused-ring (bicyclic) bond motifs is 1. The van der Waals surface area contributed by atoms with Gasteiger partial charge >= 0.3 is 0 Å². The lowest BCUT2D eigenvalue weighted by molar-refractivity contribution is -0.121. The Balaban J connectivity index is 2.29. The molecule has 0 saturated heterocycles. The average molecular weight is 353 g/mol. The van der Waals surface area contributed by atoms with Gasteiger partial charge in [0.2, 0.25) is 21.8 Å². The molecule has 24 heavy (non-hydrogen) atoms. The highest BCUT2D eigenvalue weighted by molar-refractivity contribution is 7.89. The molecule has 8 heteroatoms. The van der Waals surface area contributed by atoms with E-state index in [2.05, 4.69) is 10.6 Å². The fourth-order valence-electron chi connectivity index (χ4n) is 2.60. The van der Waals surface area contributed by atoms with Gasteiger partial charge in [-0.2, -0.15) is 4.31 Å². The second-order valence-corrected chi connectivity index (χ2v) is 8.05. The molecule has 0 spiro atoms. The molecular formula is C16H23N3O4S. The zero-order valence-corrected chi connectivity index (χ0v) is 15.1. The summed E-state index contributed by atoms with van der Waals surface area (Å²) >= 11 is 0. The summed E-state index contributed by atoms with van der Waals surface area (Å²) in [7, 11) is -3.81. The van der Waals surface area contributed by atoms with E-state index >= 15 is 0 Å². The van der Waals surface area contributed by atoms with Crippen LogP contribution in [0.5, 0.6) is 0 Å². The van der Waals surface area contributed by atoms with Crippen LogP contribution in [0.4, 0.5) is 5.69 Å². The molecule has 0 fully saturated rings. The first-order valence-corrected chi connectivity index (χ1v) is 9.35. The first-order valence-electron chi connectivity index (χ1n) is 7.91. The third kappa shape index (κ3) is 3.59. The minimum Gasteiger partial charge on any atom is -0.353 e. The second kappa shape index (κ2) is 6.90. The van der Waals surface area contributed by atoms with E-state index in [4.69, 9.17) is 0 Å². The number of carbonyl (C=O) groups is 2. The maximum Gasteiger partial charge on any atom is 0.243 e. The van der Waals surface area contributed by atoms with Crippen LogP contribution in [0.3, 0.4) is 0 Å². The van der Waals surface area contributed by atoms with E-state index in [1.807, 2.05) is 13.8 Å². The molecule has 0 unspecified atom stereocenters. The predicted octanol–water partition coefficient (Wildman–Crippen LogP) is 1.28. The van der Waals surface area contributed by atoms with Crippen molar-refractivity contribution in [1.29, 1.82) is 0 Å². The van der Waals surface area contributed by atoms with Gasteiger partial charge in [0.15, 0.2) is 0 Å². The van der Waals surface area contributed by atoms with Gasteiger partial charge in [-0.15, -0.1) is 0 Å². The summed E-state index contributed by atoms with van der Waals surface area (Å²) in [6.45, 7) is 6.98. The summed E-state index contributed by atoms with van der Waals surface area (Å²) in [5.41, 5.74) is 1.29. The molecule has 132 valence electrons. The predicted molar refractivity (Wildman–Crippen MR) is 91.2 cm³/mol. The standard InChI is InChI=1S/C16H23N3O4S/c1-5-19(9-15(20)17-10(2)3)24(22,23)12-6-7-14-13(8-12)11(4)16(21)18-14/h6-8,10-11H,5,9H2,1-4H3,(H,17,20)(H,18,21)/t11-/m0/s1. The van der Waals surface area contributed by atoms with Crippen LogP contribution in [0, 0.1) is 0 Å². The molecule has 2 rings (SSSR count). The summed E-state index contributed by atoms with van der Waals surface area (Å²) in [5, 5.41) is 5.40. The molecule has 2 amide bonds. The molecular weight excluding hydrogens is 330 g/mol. The second-order valence-electron chi connectivity index (χ2n) is 6.11. The van der Waals surface area contributed by atoms with Gasteiger partial charge in [0, 0.05) is 18.3 Å². The topological polar surface area (TPSA) is 95.6 Å². The van der Waals surface area contributed by atoms with Crippen LogP contribution in [-0.4, -0.2) is 43.7 Å². The van der Waals surface area contributed by atoms with Crippen molar-refractivity contribution < 1.29 is 18.0 Å². The molecule has 0 saturated carbocycles. The quantitative estimate of drug-likeness (QED) is 0.805. The molecule has 0 aliphatic carbocycles. The van der Waals surface area contributed by atoms with E-state index in [-0.39, 0.29) is 35.8 Å². The highest BCUT2D eigenvalue weighted by Gasteiger charge is 2.31. The average Bonchev–Trinajstić information content (AvgIpc) is 2.78. The minimum absolute atomic E-state index is 0.0585. The third-order valence-corrected chi connectivity index (χ3v) is 5.82. The lowest BCUT2D eigenvalue weighted by Gasteiger charge is -2.21. The molecule has 1 atom stereocenters. The number of carbonyl (C=O) groups excluding carboxylic acids is 2. The number of nitrogens with zero attached hydrogens (tertiary/aromatic N) is 1. The van der Waals surface area contributed by atoms with Crippen molar-refractivity contribution in [2.24, 2.45) is 0 Å². The Morgan fingerprint density at radius 1 is 1.38 bits per heavy atom. The van der Waals surface area contributed by atoms with Crippen LogP contribution >= 0.6 is 0 Å². The maximum absolute atomic E-state index is 12.8. The van der Waals surface area contributed by atoms with E-state index in [0.29, 0.717) is 11.3 Å². The summed E-state index contributed by atoms with van der Waals surface area (Å²) in [6.07, 6.45) is 0. The van der Waals surface area contributed by atoms with Crippen molar-refractivity contribution in [2.45, 2.75) is 44.6 Å². The smallest absolute Gasteiger partial charge is 0.243 e. The van der Waals surface area contributed by atoms with Crippen molar-refractivity contribution in [2.75, 3.05) is 18.4 Å². The van der Waals surface area contributed by atoms with Gasteiger partial charge in [0.05, 0.1) is 17.4 Å². The molecule has 0 radical (unpaired) electrons. The Kier molecular flexibility index (Phi) is 5.29. The molecule has 0 bridgehead atoms. The Morgan fingerprint density at radius 2 is 2.04 bits per heavy atom. The Hall–Kier alpha value is -1.93. The number of anilines is 1. The fourth-order valence-corrected chi connectivity index (χ4v) is 4.04. The summed E-state index contributed by atoms with van der Waals surface area (Å²) in [6, 6.07) is 4.49. The number of amides is 2. The largest absolute Gasteiger partial charge is 0.353 e. The van der Waals surface area contributed by atoms with Gasteiger partial charge in [-0.05, 0) is 44.5 Å². The van der Waals surface area contributed by atoms with E-state index < -0.39 is 15.9 Å². The Labute approximate surface area is 142 Å². The normalized spacial score (nSPS) is 17.1. The Morgan fingerprint density at radius 3 is 2.62 bits per heavy atom. The number of rotatable bonds is 6. The first-order chi connectivity index (χ1) is 11.2. The van der Waals surface area contributed by atoms with Gasteiger partial charge in [-0.3, -0.25) is 9.59 Å². The molecule has 1 aliphatic rings. The van der Waals surface area contributed by atoms with Gasteiger partial charge in [-0.25, -0.2) is 8.42 Å². The molecule has 7 nitrogen and oxygen atoms in total.